The van der Waals surface area contributed by atoms with Gasteiger partial charge in [-0.15, -0.1) is 0 Å². The molecule has 23 heavy (non-hydrogen) atoms. The van der Waals surface area contributed by atoms with Crippen LogP contribution in [0.4, 0.5) is 0 Å². The Morgan fingerprint density at radius 1 is 1.43 bits per heavy atom. The van der Waals surface area contributed by atoms with Crippen molar-refractivity contribution in [3.05, 3.63) is 17.7 Å². The summed E-state index contributed by atoms with van der Waals surface area (Å²) in [5, 5.41) is 17.4. The molecular weight excluding hydrogens is 318 g/mol. The van der Waals surface area contributed by atoms with E-state index in [0.29, 0.717) is 28.7 Å². The third-order valence-electron chi connectivity index (χ3n) is 3.40. The van der Waals surface area contributed by atoms with Crippen LogP contribution in [0.5, 0.6) is 17.2 Å². The quantitative estimate of drug-likeness (QED) is 0.410. The second-order valence-electron chi connectivity index (χ2n) is 4.99. The minimum absolute atomic E-state index is 0.0474. The average molecular weight is 339 g/mol. The van der Waals surface area contributed by atoms with Gasteiger partial charge in [0.15, 0.2) is 16.6 Å². The number of aromatic hydroxyl groups is 1. The maximum absolute atomic E-state index is 9.85. The second kappa shape index (κ2) is 8.54. The summed E-state index contributed by atoms with van der Waals surface area (Å²) in [5.41, 5.74) is 3.43. The number of hydrazone groups is 1. The van der Waals surface area contributed by atoms with E-state index in [1.54, 1.807) is 18.3 Å². The van der Waals surface area contributed by atoms with Gasteiger partial charge in [-0.05, 0) is 37.2 Å². The Kier molecular flexibility index (Phi) is 6.42. The highest BCUT2D eigenvalue weighted by Gasteiger charge is 2.15. The lowest BCUT2D eigenvalue weighted by Gasteiger charge is -2.12. The van der Waals surface area contributed by atoms with Gasteiger partial charge < -0.3 is 24.6 Å². The molecule has 0 aliphatic carbocycles. The molecule has 0 saturated carbocycles. The lowest BCUT2D eigenvalue weighted by molar-refractivity contribution is 0.114. The average Bonchev–Trinajstić information content (AvgIpc) is 3.07. The molecule has 1 unspecified atom stereocenters. The lowest BCUT2D eigenvalue weighted by atomic mass is 10.2. The number of ether oxygens (including phenoxy) is 3. The maximum Gasteiger partial charge on any atom is 0.200 e. The van der Waals surface area contributed by atoms with E-state index >= 15 is 0 Å². The van der Waals surface area contributed by atoms with Gasteiger partial charge in [0.25, 0.3) is 0 Å². The predicted molar refractivity (Wildman–Crippen MR) is 91.5 cm³/mol. The van der Waals surface area contributed by atoms with Crippen molar-refractivity contribution in [2.45, 2.75) is 18.9 Å². The minimum atomic E-state index is -0.0474. The molecule has 1 heterocycles. The number of phenolic OH excluding ortho intramolecular Hbond substituents is 1. The summed E-state index contributed by atoms with van der Waals surface area (Å²) in [6, 6.07) is 3.29. The molecule has 0 radical (unpaired) electrons. The highest BCUT2D eigenvalue weighted by Crippen LogP contribution is 2.36. The molecule has 1 atom stereocenters. The van der Waals surface area contributed by atoms with Crippen LogP contribution in [0.15, 0.2) is 17.2 Å². The number of methoxy groups -OCH3 is 2. The molecule has 0 spiro atoms. The molecule has 1 aliphatic rings. The molecule has 1 aliphatic heterocycles. The molecule has 7 nitrogen and oxygen atoms in total. The molecule has 0 aromatic heterocycles. The molecule has 3 N–H and O–H groups in total. The van der Waals surface area contributed by atoms with E-state index in [9.17, 15) is 5.11 Å². The number of hydrogen-bond acceptors (Lipinski definition) is 6. The summed E-state index contributed by atoms with van der Waals surface area (Å²) < 4.78 is 15.7. The van der Waals surface area contributed by atoms with Gasteiger partial charge in [0.1, 0.15) is 0 Å². The Bertz CT molecular complexity index is 549. The van der Waals surface area contributed by atoms with Crippen LogP contribution in [-0.4, -0.2) is 49.9 Å². The first-order valence-corrected chi connectivity index (χ1v) is 7.68. The van der Waals surface area contributed by atoms with Gasteiger partial charge in [-0.1, -0.05) is 0 Å². The van der Waals surface area contributed by atoms with Crippen molar-refractivity contribution in [1.82, 2.24) is 10.7 Å². The van der Waals surface area contributed by atoms with Crippen molar-refractivity contribution in [1.29, 1.82) is 0 Å². The van der Waals surface area contributed by atoms with Crippen LogP contribution >= 0.6 is 12.2 Å². The number of phenols is 1. The molecule has 1 aromatic carbocycles. The minimum Gasteiger partial charge on any atom is -0.502 e. The van der Waals surface area contributed by atoms with Gasteiger partial charge in [-0.3, -0.25) is 5.43 Å². The van der Waals surface area contributed by atoms with Crippen molar-refractivity contribution >= 4 is 23.5 Å². The van der Waals surface area contributed by atoms with E-state index in [2.05, 4.69) is 15.8 Å². The second-order valence-corrected chi connectivity index (χ2v) is 5.40. The Hall–Kier alpha value is -2.06. The smallest absolute Gasteiger partial charge is 0.200 e. The summed E-state index contributed by atoms with van der Waals surface area (Å²) >= 11 is 5.14. The maximum atomic E-state index is 9.85. The zero-order valence-electron chi connectivity index (χ0n) is 13.2. The Morgan fingerprint density at radius 3 is 2.70 bits per heavy atom. The van der Waals surface area contributed by atoms with E-state index in [0.717, 1.165) is 19.4 Å². The summed E-state index contributed by atoms with van der Waals surface area (Å²) in [4.78, 5) is 0. The van der Waals surface area contributed by atoms with E-state index in [-0.39, 0.29) is 11.9 Å². The van der Waals surface area contributed by atoms with E-state index in [1.807, 2.05) is 0 Å². The number of thiocarbonyl (C=S) groups is 1. The van der Waals surface area contributed by atoms with Crippen LogP contribution in [0.3, 0.4) is 0 Å². The topological polar surface area (TPSA) is 84.3 Å². The fourth-order valence-electron chi connectivity index (χ4n) is 2.21. The number of nitrogens with one attached hydrogen (secondary N) is 2. The molecule has 126 valence electrons. The monoisotopic (exact) mass is 339 g/mol. The van der Waals surface area contributed by atoms with Gasteiger partial charge in [0.2, 0.25) is 5.75 Å². The zero-order chi connectivity index (χ0) is 16.7. The normalized spacial score (nSPS) is 17.2. The summed E-state index contributed by atoms with van der Waals surface area (Å²) in [6.07, 6.45) is 3.91. The highest BCUT2D eigenvalue weighted by molar-refractivity contribution is 7.80. The molecule has 8 heteroatoms. The van der Waals surface area contributed by atoms with Gasteiger partial charge in [0, 0.05) is 18.7 Å². The first-order chi connectivity index (χ1) is 11.1. The van der Waals surface area contributed by atoms with Gasteiger partial charge in [-0.2, -0.15) is 5.10 Å². The van der Waals surface area contributed by atoms with Crippen LogP contribution in [0.1, 0.15) is 18.4 Å². The SMILES string of the molecule is COc1cc(/C=N/NC(=S)NCC2CCCO2)cc(OC)c1O. The van der Waals surface area contributed by atoms with E-state index < -0.39 is 0 Å². The molecule has 1 saturated heterocycles. The van der Waals surface area contributed by atoms with Gasteiger partial charge in [-0.25, -0.2) is 0 Å². The number of benzene rings is 1. The molecule has 1 aromatic rings. The predicted octanol–water partition coefficient (Wildman–Crippen LogP) is 1.39. The van der Waals surface area contributed by atoms with Crippen LogP contribution in [0.25, 0.3) is 0 Å². The summed E-state index contributed by atoms with van der Waals surface area (Å²) in [7, 11) is 2.94. The molecule has 2 rings (SSSR count). The van der Waals surface area contributed by atoms with Crippen molar-refractivity contribution in [3.8, 4) is 17.2 Å². The van der Waals surface area contributed by atoms with Gasteiger partial charge in [0.05, 0.1) is 26.5 Å². The third kappa shape index (κ3) is 4.97. The third-order valence-corrected chi connectivity index (χ3v) is 3.63. The van der Waals surface area contributed by atoms with Crippen molar-refractivity contribution in [2.24, 2.45) is 5.10 Å². The first-order valence-electron chi connectivity index (χ1n) is 7.27. The number of rotatable bonds is 6. The van der Waals surface area contributed by atoms with Crippen LogP contribution < -0.4 is 20.2 Å². The number of nitrogens with zero attached hydrogens (tertiary/aromatic N) is 1. The standard InChI is InChI=1S/C15H21N3O4S/c1-20-12-6-10(7-13(21-2)14(12)19)8-17-18-15(23)16-9-11-4-3-5-22-11/h6-8,11,19H,3-5,9H2,1-2H3,(H2,16,18,23)/b17-8+. The molecule has 1 fully saturated rings. The Morgan fingerprint density at radius 2 is 2.13 bits per heavy atom. The highest BCUT2D eigenvalue weighted by atomic mass is 32.1. The van der Waals surface area contributed by atoms with Crippen LogP contribution in [0, 0.1) is 0 Å². The molecule has 0 bridgehead atoms. The first kappa shape index (κ1) is 17.3. The van der Waals surface area contributed by atoms with Crippen LogP contribution in [0.2, 0.25) is 0 Å². The number of hydrogen-bond donors (Lipinski definition) is 3. The zero-order valence-corrected chi connectivity index (χ0v) is 14.0. The largest absolute Gasteiger partial charge is 0.502 e. The molecule has 0 amide bonds. The van der Waals surface area contributed by atoms with Crippen molar-refractivity contribution in [3.63, 3.8) is 0 Å². The van der Waals surface area contributed by atoms with Crippen LogP contribution in [-0.2, 0) is 4.74 Å². The summed E-state index contributed by atoms with van der Waals surface area (Å²) in [5.74, 6) is 0.573. The van der Waals surface area contributed by atoms with Gasteiger partial charge >= 0.3 is 0 Å². The Labute approximate surface area is 140 Å². The lowest BCUT2D eigenvalue weighted by Crippen LogP contribution is -2.37. The van der Waals surface area contributed by atoms with E-state index in [4.69, 9.17) is 26.4 Å². The van der Waals surface area contributed by atoms with Crippen molar-refractivity contribution < 1.29 is 19.3 Å². The fourth-order valence-corrected chi connectivity index (χ4v) is 2.34. The van der Waals surface area contributed by atoms with E-state index in [1.165, 1.54) is 14.2 Å². The summed E-state index contributed by atoms with van der Waals surface area (Å²) in [6.45, 7) is 1.48. The van der Waals surface area contributed by atoms with Crippen molar-refractivity contribution in [2.75, 3.05) is 27.4 Å². The fraction of sp³-hybridized carbons (Fsp3) is 0.467. The molecular formula is C15H21N3O4S. The Balaban J connectivity index is 1.88.